The number of hydrogen-bond donors (Lipinski definition) is 1. The Morgan fingerprint density at radius 2 is 2.00 bits per heavy atom. The molecule has 0 fully saturated rings. The van der Waals surface area contributed by atoms with E-state index in [0.717, 1.165) is 5.56 Å². The summed E-state index contributed by atoms with van der Waals surface area (Å²) in [5.41, 5.74) is 1.17. The van der Waals surface area contributed by atoms with Crippen molar-refractivity contribution in [3.63, 3.8) is 0 Å². The maximum Gasteiger partial charge on any atom is 0.276 e. The second kappa shape index (κ2) is 8.59. The monoisotopic (exact) mass is 404 g/mol. The summed E-state index contributed by atoms with van der Waals surface area (Å²) in [6.45, 7) is 0.369. The highest BCUT2D eigenvalue weighted by atomic mass is 32.2. The second-order valence-corrected chi connectivity index (χ2v) is 6.98. The Morgan fingerprint density at radius 1 is 1.14 bits per heavy atom. The van der Waals surface area contributed by atoms with Crippen molar-refractivity contribution in [3.8, 4) is 23.0 Å². The number of benzene rings is 2. The number of aliphatic hydroxyl groups excluding tert-OH is 1. The molecule has 0 radical (unpaired) electrons. The van der Waals surface area contributed by atoms with E-state index in [1.165, 1.54) is 17.8 Å². The Kier molecular flexibility index (Phi) is 5.75. The van der Waals surface area contributed by atoms with Crippen molar-refractivity contribution in [2.45, 2.75) is 17.9 Å². The van der Waals surface area contributed by atoms with Crippen LogP contribution in [-0.4, -0.2) is 40.6 Å². The number of aliphatic hydroxyl groups is 1. The molecule has 0 bridgehead atoms. The van der Waals surface area contributed by atoms with E-state index in [2.05, 4.69) is 10.2 Å². The molecule has 4 rings (SSSR count). The van der Waals surface area contributed by atoms with E-state index >= 15 is 0 Å². The van der Waals surface area contributed by atoms with Gasteiger partial charge in [0.05, 0.1) is 19.3 Å². The minimum Gasteiger partial charge on any atom is -0.454 e. The van der Waals surface area contributed by atoms with Gasteiger partial charge in [0.25, 0.3) is 5.22 Å². The van der Waals surface area contributed by atoms with Crippen LogP contribution in [0.4, 0.5) is 4.39 Å². The fourth-order valence-electron chi connectivity index (χ4n) is 2.55. The predicted molar refractivity (Wildman–Crippen MR) is 98.6 cm³/mol. The smallest absolute Gasteiger partial charge is 0.276 e. The van der Waals surface area contributed by atoms with Gasteiger partial charge in [0.1, 0.15) is 5.82 Å². The number of fused-ring (bicyclic) bond motifs is 1. The normalized spacial score (nSPS) is 13.6. The molecule has 1 aliphatic heterocycles. The lowest BCUT2D eigenvalue weighted by Crippen LogP contribution is -2.18. The summed E-state index contributed by atoms with van der Waals surface area (Å²) in [5, 5.41) is 18.3. The van der Waals surface area contributed by atoms with Crippen LogP contribution in [-0.2, 0) is 11.3 Å². The maximum absolute atomic E-state index is 13.5. The van der Waals surface area contributed by atoms with Gasteiger partial charge in [0, 0.05) is 16.9 Å². The molecule has 0 amide bonds. The van der Waals surface area contributed by atoms with Crippen LogP contribution in [0.5, 0.6) is 11.5 Å². The number of nitrogens with zero attached hydrogens (tertiary/aromatic N) is 2. The lowest BCUT2D eigenvalue weighted by molar-refractivity contribution is 0.0386. The van der Waals surface area contributed by atoms with Crippen LogP contribution in [0.1, 0.15) is 5.56 Å². The molecule has 1 atom stereocenters. The molecule has 1 N–H and O–H groups in total. The first-order chi connectivity index (χ1) is 13.7. The molecular weight excluding hydrogens is 387 g/mol. The first kappa shape index (κ1) is 18.7. The van der Waals surface area contributed by atoms with E-state index in [-0.39, 0.29) is 25.8 Å². The van der Waals surface area contributed by atoms with E-state index in [1.807, 2.05) is 0 Å². The van der Waals surface area contributed by atoms with Crippen LogP contribution in [0.15, 0.2) is 52.1 Å². The van der Waals surface area contributed by atoms with Crippen LogP contribution in [0.25, 0.3) is 11.5 Å². The molecule has 0 spiro atoms. The molecule has 9 heteroatoms. The van der Waals surface area contributed by atoms with Gasteiger partial charge in [-0.2, -0.15) is 0 Å². The van der Waals surface area contributed by atoms with Gasteiger partial charge >= 0.3 is 0 Å². The Labute approximate surface area is 164 Å². The third-order valence-electron chi connectivity index (χ3n) is 3.95. The van der Waals surface area contributed by atoms with Crippen molar-refractivity contribution in [1.82, 2.24) is 10.2 Å². The summed E-state index contributed by atoms with van der Waals surface area (Å²) in [7, 11) is 0. The van der Waals surface area contributed by atoms with Gasteiger partial charge in [-0.3, -0.25) is 0 Å². The number of ether oxygens (including phenoxy) is 3. The van der Waals surface area contributed by atoms with Gasteiger partial charge in [-0.15, -0.1) is 10.2 Å². The van der Waals surface area contributed by atoms with E-state index in [0.29, 0.717) is 33.9 Å². The molecule has 0 unspecified atom stereocenters. The van der Waals surface area contributed by atoms with Gasteiger partial charge in [0.15, 0.2) is 11.5 Å². The van der Waals surface area contributed by atoms with Crippen LogP contribution in [0.2, 0.25) is 0 Å². The van der Waals surface area contributed by atoms with Crippen LogP contribution >= 0.6 is 11.8 Å². The Morgan fingerprint density at radius 3 is 2.89 bits per heavy atom. The zero-order valence-corrected chi connectivity index (χ0v) is 15.5. The quantitative estimate of drug-likeness (QED) is 0.573. The first-order valence-corrected chi connectivity index (χ1v) is 9.53. The highest BCUT2D eigenvalue weighted by Crippen LogP contribution is 2.36. The third kappa shape index (κ3) is 4.44. The zero-order valence-electron chi connectivity index (χ0n) is 14.7. The second-order valence-electron chi connectivity index (χ2n) is 6.01. The van der Waals surface area contributed by atoms with Crippen LogP contribution in [0, 0.1) is 5.82 Å². The summed E-state index contributed by atoms with van der Waals surface area (Å²) in [6.07, 6.45) is -0.752. The first-order valence-electron chi connectivity index (χ1n) is 8.54. The standard InChI is InChI=1S/C19H17FN2O5S/c20-15-4-2-1-3-13(15)8-24-9-14(23)10-28-19-22-21-18(27-19)12-5-6-16-17(7-12)26-11-25-16/h1-7,14,23H,8-11H2/t14-/m1/s1. The van der Waals surface area contributed by atoms with Gasteiger partial charge < -0.3 is 23.7 Å². The van der Waals surface area contributed by atoms with Crippen molar-refractivity contribution >= 4 is 11.8 Å². The van der Waals surface area contributed by atoms with E-state index in [1.54, 1.807) is 36.4 Å². The molecule has 0 saturated carbocycles. The molecule has 2 heterocycles. The van der Waals surface area contributed by atoms with Crippen molar-refractivity contribution < 1.29 is 28.1 Å². The highest BCUT2D eigenvalue weighted by Gasteiger charge is 2.17. The van der Waals surface area contributed by atoms with Crippen LogP contribution < -0.4 is 9.47 Å². The summed E-state index contributed by atoms with van der Waals surface area (Å²) in [4.78, 5) is 0. The molecule has 3 aromatic rings. The van der Waals surface area contributed by atoms with Crippen molar-refractivity contribution in [2.24, 2.45) is 0 Å². The molecule has 146 valence electrons. The van der Waals surface area contributed by atoms with Gasteiger partial charge in [-0.05, 0) is 24.3 Å². The number of halogens is 1. The Bertz CT molecular complexity index is 952. The molecule has 0 saturated heterocycles. The maximum atomic E-state index is 13.5. The van der Waals surface area contributed by atoms with Gasteiger partial charge in [0.2, 0.25) is 12.7 Å². The van der Waals surface area contributed by atoms with E-state index in [4.69, 9.17) is 18.6 Å². The zero-order chi connectivity index (χ0) is 19.3. The minimum atomic E-state index is -0.752. The van der Waals surface area contributed by atoms with Crippen LogP contribution in [0.3, 0.4) is 0 Å². The average molecular weight is 404 g/mol. The SMILES string of the molecule is O[C@H](COCc1ccccc1F)CSc1nnc(-c2ccc3c(c2)OCO3)o1. The molecule has 0 aliphatic carbocycles. The molecular formula is C19H17FN2O5S. The molecule has 7 nitrogen and oxygen atoms in total. The number of rotatable bonds is 8. The Balaban J connectivity index is 1.26. The summed E-state index contributed by atoms with van der Waals surface area (Å²) < 4.78 is 35.1. The van der Waals surface area contributed by atoms with E-state index < -0.39 is 6.10 Å². The topological polar surface area (TPSA) is 86.8 Å². The minimum absolute atomic E-state index is 0.0739. The summed E-state index contributed by atoms with van der Waals surface area (Å²) in [6, 6.07) is 11.7. The number of thioether (sulfide) groups is 1. The van der Waals surface area contributed by atoms with Crippen molar-refractivity contribution in [3.05, 3.63) is 53.8 Å². The Hall–Kier alpha value is -2.62. The number of hydrogen-bond acceptors (Lipinski definition) is 8. The van der Waals surface area contributed by atoms with Gasteiger partial charge in [-0.1, -0.05) is 30.0 Å². The highest BCUT2D eigenvalue weighted by molar-refractivity contribution is 7.99. The fourth-order valence-corrected chi connectivity index (χ4v) is 3.22. The van der Waals surface area contributed by atoms with Crippen molar-refractivity contribution in [2.75, 3.05) is 19.2 Å². The summed E-state index contributed by atoms with van der Waals surface area (Å²) >= 11 is 1.22. The van der Waals surface area contributed by atoms with Crippen molar-refractivity contribution in [1.29, 1.82) is 0 Å². The molecule has 28 heavy (non-hydrogen) atoms. The molecule has 1 aromatic heterocycles. The lowest BCUT2D eigenvalue weighted by atomic mass is 10.2. The lowest BCUT2D eigenvalue weighted by Gasteiger charge is -2.10. The number of aromatic nitrogens is 2. The van der Waals surface area contributed by atoms with Gasteiger partial charge in [-0.25, -0.2) is 4.39 Å². The van der Waals surface area contributed by atoms with E-state index in [9.17, 15) is 9.50 Å². The summed E-state index contributed by atoms with van der Waals surface area (Å²) in [5.74, 6) is 1.64. The molecule has 2 aromatic carbocycles. The average Bonchev–Trinajstić information content (AvgIpc) is 3.36. The predicted octanol–water partition coefficient (Wildman–Crippen LogP) is 3.27. The molecule has 1 aliphatic rings. The third-order valence-corrected chi connectivity index (χ3v) is 4.91. The largest absolute Gasteiger partial charge is 0.454 e. The fraction of sp³-hybridized carbons (Fsp3) is 0.263.